The fraction of sp³-hybridized carbons (Fsp3) is 0.436. The number of hydrogen-bond acceptors (Lipinski definition) is 14. The maximum Gasteiger partial charge on any atom is 0.234 e. The molecule has 0 spiro atoms. The summed E-state index contributed by atoms with van der Waals surface area (Å²) in [5.74, 6) is 0.858. The molecule has 55 heavy (non-hydrogen) atoms. The Labute approximate surface area is 322 Å². The molecule has 16 heteroatoms. The minimum absolute atomic E-state index is 0.192. The number of ether oxygens (including phenoxy) is 1. The second-order valence-corrected chi connectivity index (χ2v) is 15.7. The molecule has 9 heterocycles. The molecule has 15 nitrogen and oxygen atoms in total. The van der Waals surface area contributed by atoms with Crippen molar-refractivity contribution in [2.45, 2.75) is 44.1 Å². The van der Waals surface area contributed by atoms with E-state index in [0.717, 1.165) is 121 Å². The normalized spacial score (nSPS) is 21.2. The molecule has 5 aromatic heterocycles. The Balaban J connectivity index is 0.805. The first-order chi connectivity index (χ1) is 27.0. The number of carbonyl (C=O) groups excluding carboxylic acids is 2. The van der Waals surface area contributed by atoms with E-state index in [4.69, 9.17) is 14.7 Å². The van der Waals surface area contributed by atoms with E-state index < -0.39 is 0 Å². The molecule has 4 aliphatic heterocycles. The Morgan fingerprint density at radius 2 is 1.80 bits per heavy atom. The number of hydrogen-bond donors (Lipinski definition) is 2. The molecule has 0 radical (unpaired) electrons. The van der Waals surface area contributed by atoms with Crippen LogP contribution in [-0.4, -0.2) is 112 Å². The van der Waals surface area contributed by atoms with Crippen molar-refractivity contribution in [2.75, 3.05) is 74.1 Å². The van der Waals surface area contributed by atoms with Crippen LogP contribution >= 0.6 is 11.3 Å². The molecule has 5 aromatic rings. The lowest BCUT2D eigenvalue weighted by atomic mass is 9.91. The van der Waals surface area contributed by atoms with Gasteiger partial charge in [-0.1, -0.05) is 17.4 Å². The Morgan fingerprint density at radius 1 is 0.927 bits per heavy atom. The van der Waals surface area contributed by atoms with Crippen LogP contribution in [0.5, 0.6) is 0 Å². The summed E-state index contributed by atoms with van der Waals surface area (Å²) < 4.78 is 7.48. The van der Waals surface area contributed by atoms with Gasteiger partial charge in [-0.3, -0.25) is 24.8 Å². The zero-order valence-corrected chi connectivity index (χ0v) is 31.2. The molecule has 2 amide bonds. The Bertz CT molecular complexity index is 2230. The van der Waals surface area contributed by atoms with E-state index in [9.17, 15) is 14.9 Å². The van der Waals surface area contributed by atoms with Gasteiger partial charge in [0, 0.05) is 76.9 Å². The Morgan fingerprint density at radius 3 is 2.56 bits per heavy atom. The van der Waals surface area contributed by atoms with E-state index in [-0.39, 0.29) is 23.8 Å². The number of rotatable bonds is 9. The van der Waals surface area contributed by atoms with Gasteiger partial charge in [-0.15, -0.1) is 10.2 Å². The van der Waals surface area contributed by atoms with Crippen molar-refractivity contribution in [2.24, 2.45) is 5.92 Å². The SMILES string of the molecule is N#Cc1cnn2c(-c3cc(N[C@H]4CCOC4)c(-c4nnc(N5CCN(CC6CCN(c7ccc([C@H]8CCC(=O)NC8=O)cn7)CC6)CC5)s4)cn3)ccc2c1. The third kappa shape index (κ3) is 7.47. The van der Waals surface area contributed by atoms with Gasteiger partial charge in [0.25, 0.3) is 0 Å². The molecule has 2 atom stereocenters. The van der Waals surface area contributed by atoms with Gasteiger partial charge in [0.05, 0.1) is 52.8 Å². The lowest BCUT2D eigenvalue weighted by Gasteiger charge is -2.39. The van der Waals surface area contributed by atoms with E-state index in [2.05, 4.69) is 52.8 Å². The average molecular weight is 759 g/mol. The van der Waals surface area contributed by atoms with Crippen LogP contribution in [0.4, 0.5) is 16.6 Å². The molecule has 4 aliphatic rings. The van der Waals surface area contributed by atoms with Gasteiger partial charge in [0.15, 0.2) is 5.01 Å². The number of nitriles is 1. The third-order valence-corrected chi connectivity index (χ3v) is 12.3. The number of nitrogens with zero attached hydrogens (tertiary/aromatic N) is 10. The first-order valence-electron chi connectivity index (χ1n) is 19.1. The summed E-state index contributed by atoms with van der Waals surface area (Å²) in [7, 11) is 0. The van der Waals surface area contributed by atoms with E-state index in [1.54, 1.807) is 23.7 Å². The summed E-state index contributed by atoms with van der Waals surface area (Å²) in [6.07, 6.45) is 9.30. The molecule has 2 N–H and O–H groups in total. The minimum Gasteiger partial charge on any atom is -0.379 e. The third-order valence-electron chi connectivity index (χ3n) is 11.2. The first-order valence-corrected chi connectivity index (χ1v) is 19.9. The van der Waals surface area contributed by atoms with Gasteiger partial charge < -0.3 is 19.9 Å². The van der Waals surface area contributed by atoms with Crippen molar-refractivity contribution in [3.8, 4) is 28.0 Å². The molecule has 282 valence electrons. The number of carbonyl (C=O) groups is 2. The van der Waals surface area contributed by atoms with Crippen LogP contribution in [0.1, 0.15) is 49.1 Å². The van der Waals surface area contributed by atoms with Crippen molar-refractivity contribution in [1.29, 1.82) is 5.26 Å². The van der Waals surface area contributed by atoms with Crippen LogP contribution in [0.2, 0.25) is 0 Å². The Hall–Kier alpha value is -5.50. The zero-order chi connectivity index (χ0) is 37.3. The van der Waals surface area contributed by atoms with Crippen molar-refractivity contribution >= 4 is 45.3 Å². The van der Waals surface area contributed by atoms with Crippen molar-refractivity contribution in [3.63, 3.8) is 0 Å². The highest BCUT2D eigenvalue weighted by Gasteiger charge is 2.30. The minimum atomic E-state index is -0.306. The van der Waals surface area contributed by atoms with Gasteiger partial charge >= 0.3 is 0 Å². The Kier molecular flexibility index (Phi) is 9.81. The average Bonchev–Trinajstić information content (AvgIpc) is 4.01. The van der Waals surface area contributed by atoms with Crippen LogP contribution < -0.4 is 20.4 Å². The number of pyridine rings is 2. The van der Waals surface area contributed by atoms with E-state index >= 15 is 0 Å². The topological polar surface area (TPSA) is 170 Å². The molecule has 4 fully saturated rings. The molecule has 9 rings (SSSR count). The summed E-state index contributed by atoms with van der Waals surface area (Å²) in [5.41, 5.74) is 5.67. The van der Waals surface area contributed by atoms with Crippen molar-refractivity contribution < 1.29 is 14.3 Å². The molecular formula is C39H42N12O3S. The van der Waals surface area contributed by atoms with E-state index in [0.29, 0.717) is 30.9 Å². The largest absolute Gasteiger partial charge is 0.379 e. The van der Waals surface area contributed by atoms with Crippen molar-refractivity contribution in [3.05, 3.63) is 66.1 Å². The second kappa shape index (κ2) is 15.3. The summed E-state index contributed by atoms with van der Waals surface area (Å²) in [6.45, 7) is 8.17. The number of fused-ring (bicyclic) bond motifs is 1. The molecule has 0 bridgehead atoms. The fourth-order valence-corrected chi connectivity index (χ4v) is 9.01. The van der Waals surface area contributed by atoms with E-state index in [1.165, 1.54) is 0 Å². The van der Waals surface area contributed by atoms with Gasteiger partial charge in [-0.25, -0.2) is 9.50 Å². The van der Waals surface area contributed by atoms with Gasteiger partial charge in [0.1, 0.15) is 11.9 Å². The number of amides is 2. The highest BCUT2D eigenvalue weighted by molar-refractivity contribution is 7.18. The molecule has 0 unspecified atom stereocenters. The van der Waals surface area contributed by atoms with Gasteiger partial charge in [-0.05, 0) is 67.5 Å². The summed E-state index contributed by atoms with van der Waals surface area (Å²) >= 11 is 1.60. The van der Waals surface area contributed by atoms with Crippen LogP contribution in [-0.2, 0) is 14.3 Å². The molecule has 0 aliphatic carbocycles. The number of anilines is 3. The molecule has 0 saturated carbocycles. The quantitative estimate of drug-likeness (QED) is 0.208. The maximum absolute atomic E-state index is 12.3. The maximum atomic E-state index is 12.3. The first kappa shape index (κ1) is 35.2. The van der Waals surface area contributed by atoms with Gasteiger partial charge in [-0.2, -0.15) is 10.4 Å². The second-order valence-electron chi connectivity index (χ2n) is 14.8. The lowest BCUT2D eigenvalue weighted by Crippen LogP contribution is -2.49. The van der Waals surface area contributed by atoms with Crippen LogP contribution in [0.15, 0.2) is 55.0 Å². The molecule has 0 aromatic carbocycles. The lowest BCUT2D eigenvalue weighted by molar-refractivity contribution is -0.134. The smallest absolute Gasteiger partial charge is 0.234 e. The monoisotopic (exact) mass is 758 g/mol. The predicted molar refractivity (Wildman–Crippen MR) is 208 cm³/mol. The number of piperidine rings is 2. The number of imide groups is 1. The predicted octanol–water partition coefficient (Wildman–Crippen LogP) is 3.94. The zero-order valence-electron chi connectivity index (χ0n) is 30.4. The van der Waals surface area contributed by atoms with Crippen LogP contribution in [0.3, 0.4) is 0 Å². The highest BCUT2D eigenvalue weighted by Crippen LogP contribution is 2.37. The number of nitrogens with one attached hydrogen (secondary N) is 2. The number of piperazine rings is 1. The molecule has 4 saturated heterocycles. The van der Waals surface area contributed by atoms with Gasteiger partial charge in [0.2, 0.25) is 16.9 Å². The van der Waals surface area contributed by atoms with Crippen LogP contribution in [0, 0.1) is 17.2 Å². The number of aromatic nitrogens is 6. The highest BCUT2D eigenvalue weighted by atomic mass is 32.1. The summed E-state index contributed by atoms with van der Waals surface area (Å²) in [5, 5.41) is 31.0. The van der Waals surface area contributed by atoms with Crippen molar-refractivity contribution in [1.82, 2.24) is 40.0 Å². The summed E-state index contributed by atoms with van der Waals surface area (Å²) in [4.78, 5) is 40.6. The fourth-order valence-electron chi connectivity index (χ4n) is 8.09. The molecular weight excluding hydrogens is 717 g/mol. The van der Waals surface area contributed by atoms with Crippen LogP contribution in [0.25, 0.3) is 27.5 Å². The standard InChI is InChI=1S/C39H42N12O3S/c40-19-26-17-29-2-4-34(51(29)43-20-26)33-18-32(44-28-9-16-54-24-28)31(22-41-33)38-46-47-39(55-38)50-14-12-48(13-15-50)23-25-7-10-49(11-8-25)35-5-1-27(21-42-35)30-3-6-36(52)45-37(30)53/h1-2,4-5,17-18,20-22,25,28,30H,3,6-16,23-24H2,(H,41,44)(H,45,52,53)/t28-,30+/m0/s1. The van der Waals surface area contributed by atoms with E-state index in [1.807, 2.05) is 41.0 Å². The summed E-state index contributed by atoms with van der Waals surface area (Å²) in [6, 6.07) is 14.1.